The Bertz CT molecular complexity index is 735. The van der Waals surface area contributed by atoms with Crippen LogP contribution in [0.4, 0.5) is 5.82 Å². The van der Waals surface area contributed by atoms with Crippen molar-refractivity contribution in [3.8, 4) is 22.9 Å². The Morgan fingerprint density at radius 1 is 1.38 bits per heavy atom. The van der Waals surface area contributed by atoms with Crippen molar-refractivity contribution in [2.24, 2.45) is 0 Å². The van der Waals surface area contributed by atoms with Crippen molar-refractivity contribution < 1.29 is 4.74 Å². The fourth-order valence-electron chi connectivity index (χ4n) is 2.25. The molecule has 0 saturated carbocycles. The van der Waals surface area contributed by atoms with Crippen molar-refractivity contribution in [3.05, 3.63) is 39.5 Å². The number of anilines is 1. The van der Waals surface area contributed by atoms with E-state index in [9.17, 15) is 5.26 Å². The third-order valence-electron chi connectivity index (χ3n) is 3.33. The number of benzene rings is 1. The lowest BCUT2D eigenvalue weighted by Crippen LogP contribution is -2.04. The molecule has 0 aliphatic heterocycles. The summed E-state index contributed by atoms with van der Waals surface area (Å²) in [6.07, 6.45) is 0. The quantitative estimate of drug-likeness (QED) is 0.912. The molecule has 4 nitrogen and oxygen atoms in total. The van der Waals surface area contributed by atoms with Crippen LogP contribution in [0.2, 0.25) is 0 Å². The molecule has 0 aliphatic rings. The van der Waals surface area contributed by atoms with E-state index in [1.54, 1.807) is 0 Å². The van der Waals surface area contributed by atoms with Crippen LogP contribution in [0.15, 0.2) is 22.7 Å². The number of pyridine rings is 1. The van der Waals surface area contributed by atoms with Gasteiger partial charge in [-0.05, 0) is 44.5 Å². The molecule has 108 valence electrons. The predicted octanol–water partition coefficient (Wildman–Crippen LogP) is 3.98. The average molecular weight is 346 g/mol. The molecule has 1 heterocycles. The van der Waals surface area contributed by atoms with Gasteiger partial charge >= 0.3 is 0 Å². The first-order valence-corrected chi connectivity index (χ1v) is 7.38. The Hall–Kier alpha value is -2.06. The molecule has 1 aromatic heterocycles. The van der Waals surface area contributed by atoms with Gasteiger partial charge in [0.2, 0.25) is 0 Å². The van der Waals surface area contributed by atoms with Gasteiger partial charge in [-0.15, -0.1) is 0 Å². The van der Waals surface area contributed by atoms with Gasteiger partial charge in [0.15, 0.2) is 0 Å². The zero-order chi connectivity index (χ0) is 15.6. The molecule has 0 radical (unpaired) electrons. The van der Waals surface area contributed by atoms with Gasteiger partial charge in [0.1, 0.15) is 23.2 Å². The standard InChI is InChI=1S/C16H16BrN3O/c1-4-21-14-6-5-11(17)7-12(14)15-9(2)10(3)20-16(19)13(15)8-18/h5-7H,4H2,1-3H3,(H2,19,20). The van der Waals surface area contributed by atoms with E-state index in [0.717, 1.165) is 32.6 Å². The molecule has 0 saturated heterocycles. The number of nitriles is 1. The molecule has 2 N–H and O–H groups in total. The second kappa shape index (κ2) is 6.15. The lowest BCUT2D eigenvalue weighted by Gasteiger charge is -2.16. The van der Waals surface area contributed by atoms with Gasteiger partial charge < -0.3 is 10.5 Å². The van der Waals surface area contributed by atoms with E-state index >= 15 is 0 Å². The third kappa shape index (κ3) is 2.86. The number of nitrogens with two attached hydrogens (primary N) is 1. The highest BCUT2D eigenvalue weighted by Crippen LogP contribution is 2.38. The first-order valence-electron chi connectivity index (χ1n) is 6.59. The van der Waals surface area contributed by atoms with E-state index in [0.29, 0.717) is 12.2 Å². The summed E-state index contributed by atoms with van der Waals surface area (Å²) in [5, 5.41) is 9.44. The topological polar surface area (TPSA) is 71.9 Å². The SMILES string of the molecule is CCOc1ccc(Br)cc1-c1c(C)c(C)nc(N)c1C#N. The monoisotopic (exact) mass is 345 g/mol. The van der Waals surface area contributed by atoms with E-state index in [1.807, 2.05) is 39.0 Å². The second-order valence-corrected chi connectivity index (χ2v) is 5.56. The summed E-state index contributed by atoms with van der Waals surface area (Å²) in [7, 11) is 0. The smallest absolute Gasteiger partial charge is 0.142 e. The molecule has 1 aromatic carbocycles. The predicted molar refractivity (Wildman–Crippen MR) is 87.1 cm³/mol. The maximum Gasteiger partial charge on any atom is 0.142 e. The van der Waals surface area contributed by atoms with Crippen LogP contribution < -0.4 is 10.5 Å². The van der Waals surface area contributed by atoms with Crippen molar-refractivity contribution in [2.75, 3.05) is 12.3 Å². The number of aromatic nitrogens is 1. The molecule has 2 aromatic rings. The highest BCUT2D eigenvalue weighted by molar-refractivity contribution is 9.10. The van der Waals surface area contributed by atoms with E-state index in [-0.39, 0.29) is 5.82 Å². The minimum absolute atomic E-state index is 0.248. The number of rotatable bonds is 3. The Morgan fingerprint density at radius 2 is 2.10 bits per heavy atom. The summed E-state index contributed by atoms with van der Waals surface area (Å²) in [5.41, 5.74) is 9.67. The summed E-state index contributed by atoms with van der Waals surface area (Å²) in [6, 6.07) is 7.89. The molecule has 0 atom stereocenters. The van der Waals surface area contributed by atoms with E-state index in [2.05, 4.69) is 27.0 Å². The van der Waals surface area contributed by atoms with Crippen molar-refractivity contribution >= 4 is 21.7 Å². The Balaban J connectivity index is 2.84. The minimum Gasteiger partial charge on any atom is -0.493 e. The van der Waals surface area contributed by atoms with Gasteiger partial charge in [-0.3, -0.25) is 0 Å². The van der Waals surface area contributed by atoms with Crippen LogP contribution >= 0.6 is 15.9 Å². The van der Waals surface area contributed by atoms with Gasteiger partial charge in [-0.1, -0.05) is 15.9 Å². The van der Waals surface area contributed by atoms with Crippen molar-refractivity contribution in [1.29, 1.82) is 5.26 Å². The van der Waals surface area contributed by atoms with Crippen molar-refractivity contribution in [1.82, 2.24) is 4.98 Å². The highest BCUT2D eigenvalue weighted by atomic mass is 79.9. The molecule has 0 amide bonds. The normalized spacial score (nSPS) is 10.2. The van der Waals surface area contributed by atoms with Crippen LogP contribution in [-0.2, 0) is 0 Å². The van der Waals surface area contributed by atoms with Crippen molar-refractivity contribution in [2.45, 2.75) is 20.8 Å². The molecular weight excluding hydrogens is 330 g/mol. The fourth-order valence-corrected chi connectivity index (χ4v) is 2.61. The highest BCUT2D eigenvalue weighted by Gasteiger charge is 2.19. The molecule has 21 heavy (non-hydrogen) atoms. The lowest BCUT2D eigenvalue weighted by molar-refractivity contribution is 0.341. The molecule has 2 rings (SSSR count). The maximum absolute atomic E-state index is 9.44. The molecule has 5 heteroatoms. The number of nitrogens with zero attached hydrogens (tertiary/aromatic N) is 2. The maximum atomic E-state index is 9.44. The van der Waals surface area contributed by atoms with E-state index < -0.39 is 0 Å². The van der Waals surface area contributed by atoms with Gasteiger partial charge in [0, 0.05) is 21.3 Å². The zero-order valence-electron chi connectivity index (χ0n) is 12.2. The molecule has 0 bridgehead atoms. The largest absolute Gasteiger partial charge is 0.493 e. The minimum atomic E-state index is 0.248. The first kappa shape index (κ1) is 15.3. The summed E-state index contributed by atoms with van der Waals surface area (Å²) >= 11 is 3.47. The van der Waals surface area contributed by atoms with Crippen LogP contribution in [0.1, 0.15) is 23.7 Å². The van der Waals surface area contributed by atoms with Crippen LogP contribution in [0, 0.1) is 25.2 Å². The first-order chi connectivity index (χ1) is 9.99. The average Bonchev–Trinajstić information content (AvgIpc) is 2.45. The van der Waals surface area contributed by atoms with Crippen LogP contribution in [-0.4, -0.2) is 11.6 Å². The zero-order valence-corrected chi connectivity index (χ0v) is 13.8. The van der Waals surface area contributed by atoms with Crippen molar-refractivity contribution in [3.63, 3.8) is 0 Å². The van der Waals surface area contributed by atoms with Crippen LogP contribution in [0.25, 0.3) is 11.1 Å². The van der Waals surface area contributed by atoms with Crippen LogP contribution in [0.5, 0.6) is 5.75 Å². The van der Waals surface area contributed by atoms with Crippen LogP contribution in [0.3, 0.4) is 0 Å². The number of hydrogen-bond acceptors (Lipinski definition) is 4. The van der Waals surface area contributed by atoms with Gasteiger partial charge in [-0.25, -0.2) is 4.98 Å². The Labute approximate surface area is 132 Å². The molecule has 0 fully saturated rings. The number of halogens is 1. The number of nitrogen functional groups attached to an aromatic ring is 1. The Kier molecular flexibility index (Phi) is 4.49. The summed E-state index contributed by atoms with van der Waals surface area (Å²) in [6.45, 7) is 6.30. The molecule has 0 aliphatic carbocycles. The van der Waals surface area contributed by atoms with Gasteiger partial charge in [0.25, 0.3) is 0 Å². The van der Waals surface area contributed by atoms with E-state index in [4.69, 9.17) is 10.5 Å². The van der Waals surface area contributed by atoms with Gasteiger partial charge in [-0.2, -0.15) is 5.26 Å². The Morgan fingerprint density at radius 3 is 2.71 bits per heavy atom. The molecule has 0 spiro atoms. The second-order valence-electron chi connectivity index (χ2n) is 4.64. The number of aryl methyl sites for hydroxylation is 1. The molecular formula is C16H16BrN3O. The fraction of sp³-hybridized carbons (Fsp3) is 0.250. The molecule has 0 unspecified atom stereocenters. The van der Waals surface area contributed by atoms with Gasteiger partial charge in [0.05, 0.1) is 6.61 Å². The van der Waals surface area contributed by atoms with E-state index in [1.165, 1.54) is 0 Å². The number of ether oxygens (including phenoxy) is 1. The summed E-state index contributed by atoms with van der Waals surface area (Å²) in [5.74, 6) is 0.975. The lowest BCUT2D eigenvalue weighted by atomic mass is 9.94. The third-order valence-corrected chi connectivity index (χ3v) is 3.83. The summed E-state index contributed by atoms with van der Waals surface area (Å²) < 4.78 is 6.60. The number of hydrogen-bond donors (Lipinski definition) is 1. The summed E-state index contributed by atoms with van der Waals surface area (Å²) in [4.78, 5) is 4.23.